The zero-order valence-corrected chi connectivity index (χ0v) is 15.7. The highest BCUT2D eigenvalue weighted by Crippen LogP contribution is 2.52. The lowest BCUT2D eigenvalue weighted by atomic mass is 9.59. The van der Waals surface area contributed by atoms with E-state index in [-0.39, 0.29) is 0 Å². The Labute approximate surface area is 134 Å². The average molecular weight is 293 g/mol. The molecule has 0 aromatic rings. The van der Waals surface area contributed by atoms with Gasteiger partial charge < -0.3 is 0 Å². The van der Waals surface area contributed by atoms with E-state index in [1.807, 2.05) is 0 Å². The highest BCUT2D eigenvalue weighted by atomic mass is 14.4. The Kier molecular flexibility index (Phi) is 5.16. The van der Waals surface area contributed by atoms with Crippen molar-refractivity contribution in [3.63, 3.8) is 0 Å². The lowest BCUT2D eigenvalue weighted by Gasteiger charge is -2.46. The van der Waals surface area contributed by atoms with Crippen LogP contribution in [0.2, 0.25) is 0 Å². The van der Waals surface area contributed by atoms with E-state index in [9.17, 15) is 0 Å². The molecule has 2 saturated carbocycles. The van der Waals surface area contributed by atoms with Crippen LogP contribution >= 0.6 is 0 Å². The normalized spacial score (nSPS) is 35.1. The Balaban J connectivity index is 1.78. The van der Waals surface area contributed by atoms with Gasteiger partial charge >= 0.3 is 0 Å². The van der Waals surface area contributed by atoms with Crippen LogP contribution in [0.3, 0.4) is 0 Å². The predicted molar refractivity (Wildman–Crippen MR) is 94.5 cm³/mol. The molecule has 0 radical (unpaired) electrons. The van der Waals surface area contributed by atoms with Gasteiger partial charge in [-0.15, -0.1) is 0 Å². The van der Waals surface area contributed by atoms with E-state index in [1.165, 1.54) is 64.2 Å². The Morgan fingerprint density at radius 3 is 1.14 bits per heavy atom. The van der Waals surface area contributed by atoms with Crippen LogP contribution in [-0.4, -0.2) is 0 Å². The van der Waals surface area contributed by atoms with E-state index in [4.69, 9.17) is 0 Å². The molecule has 0 aromatic carbocycles. The highest BCUT2D eigenvalue weighted by Gasteiger charge is 2.39. The minimum atomic E-state index is 0.527. The van der Waals surface area contributed by atoms with Gasteiger partial charge in [-0.25, -0.2) is 0 Å². The Bertz CT molecular complexity index is 271. The minimum absolute atomic E-state index is 0.527. The number of rotatable bonds is 2. The van der Waals surface area contributed by atoms with E-state index >= 15 is 0 Å². The third kappa shape index (κ3) is 5.61. The van der Waals surface area contributed by atoms with Gasteiger partial charge in [0.2, 0.25) is 0 Å². The van der Waals surface area contributed by atoms with Gasteiger partial charge in [0.05, 0.1) is 0 Å². The molecule has 2 rings (SSSR count). The first kappa shape index (κ1) is 17.4. The van der Waals surface area contributed by atoms with Crippen LogP contribution in [0.25, 0.3) is 0 Å². The lowest BCUT2D eigenvalue weighted by Crippen LogP contribution is -2.33. The van der Waals surface area contributed by atoms with Gasteiger partial charge in [-0.2, -0.15) is 0 Å². The molecule has 0 amide bonds. The second-order valence-corrected chi connectivity index (χ2v) is 10.9. The molecule has 0 N–H and O–H groups in total. The molecule has 0 saturated heterocycles. The van der Waals surface area contributed by atoms with Gasteiger partial charge in [-0.3, -0.25) is 0 Å². The molecule has 0 atom stereocenters. The van der Waals surface area contributed by atoms with Crippen molar-refractivity contribution in [3.05, 3.63) is 0 Å². The first-order valence-corrected chi connectivity index (χ1v) is 9.57. The Hall–Kier alpha value is 0. The van der Waals surface area contributed by atoms with Crippen LogP contribution < -0.4 is 0 Å². The maximum atomic E-state index is 2.41. The van der Waals surface area contributed by atoms with Crippen LogP contribution in [0.15, 0.2) is 0 Å². The smallest absolute Gasteiger partial charge is 0.0297 e. The van der Waals surface area contributed by atoms with E-state index in [0.29, 0.717) is 10.8 Å². The fourth-order valence-electron chi connectivity index (χ4n) is 5.22. The summed E-state index contributed by atoms with van der Waals surface area (Å²) in [4.78, 5) is 0. The summed E-state index contributed by atoms with van der Waals surface area (Å²) in [5, 5.41) is 0. The first-order valence-electron chi connectivity index (χ1n) is 9.57. The molecular formula is C21H40. The summed E-state index contributed by atoms with van der Waals surface area (Å²) < 4.78 is 0. The van der Waals surface area contributed by atoms with Gasteiger partial charge in [0.25, 0.3) is 0 Å². The third-order valence-corrected chi connectivity index (χ3v) is 6.13. The third-order valence-electron chi connectivity index (χ3n) is 6.13. The van der Waals surface area contributed by atoms with Crippen LogP contribution in [0.4, 0.5) is 0 Å². The maximum absolute atomic E-state index is 2.41. The molecular weight excluding hydrogens is 252 g/mol. The zero-order valence-electron chi connectivity index (χ0n) is 15.7. The summed E-state index contributed by atoms with van der Waals surface area (Å²) in [7, 11) is 0. The van der Waals surface area contributed by atoms with Crippen LogP contribution in [0, 0.1) is 28.1 Å². The molecule has 1 spiro atoms. The summed E-state index contributed by atoms with van der Waals surface area (Å²) in [6, 6.07) is 0. The summed E-state index contributed by atoms with van der Waals surface area (Å²) in [6.07, 6.45) is 15.1. The summed E-state index contributed by atoms with van der Waals surface area (Å²) in [6.45, 7) is 14.5. The van der Waals surface area contributed by atoms with Crippen molar-refractivity contribution >= 4 is 0 Å². The van der Waals surface area contributed by atoms with Crippen LogP contribution in [-0.2, 0) is 0 Å². The van der Waals surface area contributed by atoms with Crippen molar-refractivity contribution in [3.8, 4) is 0 Å². The second-order valence-electron chi connectivity index (χ2n) is 10.9. The summed E-state index contributed by atoms with van der Waals surface area (Å²) in [5.74, 6) is 2.03. The van der Waals surface area contributed by atoms with Crippen molar-refractivity contribution < 1.29 is 0 Å². The Morgan fingerprint density at radius 2 is 0.905 bits per heavy atom. The Morgan fingerprint density at radius 1 is 0.619 bits per heavy atom. The van der Waals surface area contributed by atoms with Crippen molar-refractivity contribution in [2.75, 3.05) is 0 Å². The fourth-order valence-corrected chi connectivity index (χ4v) is 5.22. The van der Waals surface area contributed by atoms with E-state index < -0.39 is 0 Å². The predicted octanol–water partition coefficient (Wildman–Crippen LogP) is 7.23. The van der Waals surface area contributed by atoms with Gasteiger partial charge in [-0.1, -0.05) is 41.5 Å². The molecule has 124 valence electrons. The minimum Gasteiger partial charge on any atom is -0.0602 e. The molecule has 21 heavy (non-hydrogen) atoms. The van der Waals surface area contributed by atoms with Crippen molar-refractivity contribution in [1.82, 2.24) is 0 Å². The molecule has 2 aliphatic rings. The molecule has 0 aromatic heterocycles. The van der Waals surface area contributed by atoms with Gasteiger partial charge in [0.15, 0.2) is 0 Å². The summed E-state index contributed by atoms with van der Waals surface area (Å²) >= 11 is 0. The molecule has 0 unspecified atom stereocenters. The van der Waals surface area contributed by atoms with Gasteiger partial charge in [0.1, 0.15) is 0 Å². The van der Waals surface area contributed by atoms with E-state index in [1.54, 1.807) is 0 Å². The van der Waals surface area contributed by atoms with Crippen molar-refractivity contribution in [1.29, 1.82) is 0 Å². The van der Waals surface area contributed by atoms with Crippen molar-refractivity contribution in [2.24, 2.45) is 28.1 Å². The first-order chi connectivity index (χ1) is 9.57. The average Bonchev–Trinajstić information content (AvgIpc) is 2.32. The number of hydrogen-bond acceptors (Lipinski definition) is 0. The standard InChI is InChI=1S/C21H40/c1-19(2,3)15-17-7-11-21(12-8-17)13-9-18(10-14-21)16-20(4,5)6/h17-18H,7-16H2,1-6H3. The SMILES string of the molecule is CC(C)(C)CC1CCC2(CC1)CCC(CC(C)(C)C)CC2. The van der Waals surface area contributed by atoms with Crippen molar-refractivity contribution in [2.45, 2.75) is 106 Å². The van der Waals surface area contributed by atoms with E-state index in [2.05, 4.69) is 41.5 Å². The highest BCUT2D eigenvalue weighted by molar-refractivity contribution is 4.91. The van der Waals surface area contributed by atoms with E-state index in [0.717, 1.165) is 17.3 Å². The summed E-state index contributed by atoms with van der Waals surface area (Å²) in [5.41, 5.74) is 1.82. The molecule has 0 heteroatoms. The molecule has 2 aliphatic carbocycles. The molecule has 0 nitrogen and oxygen atoms in total. The van der Waals surface area contributed by atoms with Gasteiger partial charge in [0, 0.05) is 0 Å². The maximum Gasteiger partial charge on any atom is -0.0297 e. The monoisotopic (exact) mass is 292 g/mol. The zero-order chi connectivity index (χ0) is 15.7. The molecule has 0 bridgehead atoms. The second kappa shape index (κ2) is 6.25. The number of hydrogen-bond donors (Lipinski definition) is 0. The quantitative estimate of drug-likeness (QED) is 0.503. The van der Waals surface area contributed by atoms with Gasteiger partial charge in [-0.05, 0) is 92.3 Å². The van der Waals surface area contributed by atoms with Crippen LogP contribution in [0.5, 0.6) is 0 Å². The fraction of sp³-hybridized carbons (Fsp3) is 1.00. The topological polar surface area (TPSA) is 0 Å². The molecule has 2 fully saturated rings. The molecule has 0 heterocycles. The molecule has 0 aliphatic heterocycles. The lowest BCUT2D eigenvalue weighted by molar-refractivity contribution is 0.0557. The largest absolute Gasteiger partial charge is 0.0602 e. The van der Waals surface area contributed by atoms with Crippen LogP contribution in [0.1, 0.15) is 106 Å².